The molecule has 0 fully saturated rings. The van der Waals surface area contributed by atoms with Crippen LogP contribution in [0.4, 0.5) is 0 Å². The Labute approximate surface area is 115 Å². The van der Waals surface area contributed by atoms with E-state index in [0.717, 1.165) is 23.9 Å². The topological polar surface area (TPSA) is 44.7 Å². The lowest BCUT2D eigenvalue weighted by molar-refractivity contribution is -0.131. The molecule has 0 radical (unpaired) electrons. The molecule has 0 saturated carbocycles. The zero-order chi connectivity index (χ0) is 13.7. The van der Waals surface area contributed by atoms with Gasteiger partial charge in [-0.2, -0.15) is 0 Å². The molecule has 2 unspecified atom stereocenters. The number of hydrogen-bond donors (Lipinski definition) is 1. The zero-order valence-electron chi connectivity index (χ0n) is 12.1. The molecular formula is C13H25N3OS. The van der Waals surface area contributed by atoms with Gasteiger partial charge in [0.1, 0.15) is 6.04 Å². The van der Waals surface area contributed by atoms with E-state index in [0.29, 0.717) is 12.0 Å². The van der Waals surface area contributed by atoms with Crippen LogP contribution >= 0.6 is 11.8 Å². The molecule has 2 atom stereocenters. The number of amides is 1. The lowest BCUT2D eigenvalue weighted by Gasteiger charge is -2.20. The first kappa shape index (κ1) is 15.3. The number of nitrogens with zero attached hydrogens (tertiary/aromatic N) is 2. The number of aliphatic imine (C=N–C) groups is 1. The average Bonchev–Trinajstić information content (AvgIpc) is 2.73. The number of amidine groups is 1. The van der Waals surface area contributed by atoms with Gasteiger partial charge in [0.15, 0.2) is 5.17 Å². The van der Waals surface area contributed by atoms with Crippen molar-refractivity contribution in [2.24, 2.45) is 10.9 Å². The Morgan fingerprint density at radius 3 is 2.78 bits per heavy atom. The first-order valence-corrected chi connectivity index (χ1v) is 7.64. The monoisotopic (exact) mass is 271 g/mol. The summed E-state index contributed by atoms with van der Waals surface area (Å²) in [6, 6.07) is 0.211. The smallest absolute Gasteiger partial charge is 0.244 e. The van der Waals surface area contributed by atoms with Crippen LogP contribution in [0.1, 0.15) is 34.1 Å². The van der Waals surface area contributed by atoms with E-state index >= 15 is 0 Å². The van der Waals surface area contributed by atoms with Crippen molar-refractivity contribution in [3.63, 3.8) is 0 Å². The maximum atomic E-state index is 11.9. The van der Waals surface area contributed by atoms with Crippen molar-refractivity contribution in [2.75, 3.05) is 19.3 Å². The number of nitrogens with one attached hydrogen (secondary N) is 1. The summed E-state index contributed by atoms with van der Waals surface area (Å²) in [6.45, 7) is 9.04. The minimum absolute atomic E-state index is 0.119. The Morgan fingerprint density at radius 2 is 2.22 bits per heavy atom. The van der Waals surface area contributed by atoms with Gasteiger partial charge in [-0.15, -0.1) is 0 Å². The van der Waals surface area contributed by atoms with Crippen LogP contribution in [0, 0.1) is 5.92 Å². The average molecular weight is 271 g/mol. The summed E-state index contributed by atoms with van der Waals surface area (Å²) in [5.41, 5.74) is 0. The first-order chi connectivity index (χ1) is 8.43. The van der Waals surface area contributed by atoms with Crippen molar-refractivity contribution in [2.45, 2.75) is 46.2 Å². The standard InChI is InChI=1S/C13H25N3OS/c1-6-16(5)12(17)10(4)14-13-15-11(8-18-13)7-9(2)3/h9-11H,6-8H2,1-5H3,(H,14,15). The summed E-state index contributed by atoms with van der Waals surface area (Å²) in [5.74, 6) is 1.82. The molecule has 1 N–H and O–H groups in total. The molecule has 0 aromatic carbocycles. The van der Waals surface area contributed by atoms with Crippen LogP contribution < -0.4 is 5.32 Å². The number of likely N-dealkylation sites (N-methyl/N-ethyl adjacent to an activating group) is 1. The highest BCUT2D eigenvalue weighted by molar-refractivity contribution is 8.14. The van der Waals surface area contributed by atoms with Crippen molar-refractivity contribution < 1.29 is 4.79 Å². The SMILES string of the molecule is CCN(C)C(=O)C(C)NC1=NC(CC(C)C)CS1. The zero-order valence-corrected chi connectivity index (χ0v) is 12.9. The van der Waals surface area contributed by atoms with E-state index in [4.69, 9.17) is 0 Å². The van der Waals surface area contributed by atoms with Gasteiger partial charge in [-0.1, -0.05) is 25.6 Å². The van der Waals surface area contributed by atoms with E-state index in [9.17, 15) is 4.79 Å². The fourth-order valence-corrected chi connectivity index (χ4v) is 2.94. The number of carbonyl (C=O) groups is 1. The van der Waals surface area contributed by atoms with E-state index in [1.165, 1.54) is 0 Å². The molecule has 0 aromatic heterocycles. The van der Waals surface area contributed by atoms with Crippen LogP contribution in [0.5, 0.6) is 0 Å². The second-order valence-electron chi connectivity index (χ2n) is 5.25. The number of carbonyl (C=O) groups excluding carboxylic acids is 1. The minimum atomic E-state index is -0.195. The van der Waals surface area contributed by atoms with E-state index in [-0.39, 0.29) is 11.9 Å². The van der Waals surface area contributed by atoms with Gasteiger partial charge in [-0.05, 0) is 26.2 Å². The molecule has 1 amide bonds. The van der Waals surface area contributed by atoms with Gasteiger partial charge in [0.05, 0.1) is 6.04 Å². The van der Waals surface area contributed by atoms with Gasteiger partial charge in [0.2, 0.25) is 5.91 Å². The number of rotatable bonds is 5. The number of thioether (sulfide) groups is 1. The summed E-state index contributed by atoms with van der Waals surface area (Å²) in [7, 11) is 1.83. The van der Waals surface area contributed by atoms with Crippen LogP contribution in [0.15, 0.2) is 4.99 Å². The summed E-state index contributed by atoms with van der Waals surface area (Å²) in [4.78, 5) is 18.3. The van der Waals surface area contributed by atoms with Gasteiger partial charge in [0.25, 0.3) is 0 Å². The molecule has 18 heavy (non-hydrogen) atoms. The van der Waals surface area contributed by atoms with Crippen molar-refractivity contribution in [1.29, 1.82) is 0 Å². The molecular weight excluding hydrogens is 246 g/mol. The predicted octanol–water partition coefficient (Wildman–Crippen LogP) is 1.96. The van der Waals surface area contributed by atoms with Crippen molar-refractivity contribution in [3.05, 3.63) is 0 Å². The van der Waals surface area contributed by atoms with Crippen molar-refractivity contribution >= 4 is 22.8 Å². The molecule has 0 aromatic rings. The molecule has 4 nitrogen and oxygen atoms in total. The molecule has 5 heteroatoms. The van der Waals surface area contributed by atoms with Crippen molar-refractivity contribution in [1.82, 2.24) is 10.2 Å². The van der Waals surface area contributed by atoms with Gasteiger partial charge in [0, 0.05) is 19.3 Å². The fourth-order valence-electron chi connectivity index (χ4n) is 1.89. The van der Waals surface area contributed by atoms with E-state index in [1.54, 1.807) is 16.7 Å². The van der Waals surface area contributed by atoms with E-state index in [1.807, 2.05) is 20.9 Å². The van der Waals surface area contributed by atoms with Gasteiger partial charge in [-0.25, -0.2) is 0 Å². The highest BCUT2D eigenvalue weighted by Crippen LogP contribution is 2.22. The molecule has 0 bridgehead atoms. The largest absolute Gasteiger partial charge is 0.353 e. The molecule has 1 heterocycles. The lowest BCUT2D eigenvalue weighted by Crippen LogP contribution is -2.44. The molecule has 1 aliphatic rings. The van der Waals surface area contributed by atoms with Crippen LogP contribution in [0.25, 0.3) is 0 Å². The normalized spacial score (nSPS) is 20.8. The van der Waals surface area contributed by atoms with Crippen LogP contribution in [0.3, 0.4) is 0 Å². The third kappa shape index (κ3) is 4.52. The third-order valence-corrected chi connectivity index (χ3v) is 4.06. The third-order valence-electron chi connectivity index (χ3n) is 3.02. The van der Waals surface area contributed by atoms with Gasteiger partial charge >= 0.3 is 0 Å². The van der Waals surface area contributed by atoms with Crippen molar-refractivity contribution in [3.8, 4) is 0 Å². The summed E-state index contributed by atoms with van der Waals surface area (Å²) < 4.78 is 0. The maximum Gasteiger partial charge on any atom is 0.244 e. The summed E-state index contributed by atoms with van der Waals surface area (Å²) in [6.07, 6.45) is 1.12. The highest BCUT2D eigenvalue weighted by Gasteiger charge is 2.23. The Hall–Kier alpha value is -0.710. The Morgan fingerprint density at radius 1 is 1.56 bits per heavy atom. The maximum absolute atomic E-state index is 11.9. The summed E-state index contributed by atoms with van der Waals surface area (Å²) in [5, 5.41) is 4.14. The van der Waals surface area contributed by atoms with E-state index in [2.05, 4.69) is 24.2 Å². The first-order valence-electron chi connectivity index (χ1n) is 6.66. The molecule has 104 valence electrons. The highest BCUT2D eigenvalue weighted by atomic mass is 32.2. The Kier molecular flexibility index (Phi) is 5.99. The Bertz CT molecular complexity index is 317. The molecule has 0 spiro atoms. The van der Waals surface area contributed by atoms with E-state index < -0.39 is 0 Å². The quantitative estimate of drug-likeness (QED) is 0.831. The Balaban J connectivity index is 2.46. The fraction of sp³-hybridized carbons (Fsp3) is 0.846. The molecule has 0 aliphatic carbocycles. The molecule has 1 aliphatic heterocycles. The van der Waals surface area contributed by atoms with Crippen LogP contribution in [0.2, 0.25) is 0 Å². The second kappa shape index (κ2) is 7.02. The van der Waals surface area contributed by atoms with Gasteiger partial charge in [-0.3, -0.25) is 9.79 Å². The van der Waals surface area contributed by atoms with Crippen LogP contribution in [-0.4, -0.2) is 47.4 Å². The predicted molar refractivity (Wildman–Crippen MR) is 79.0 cm³/mol. The molecule has 0 saturated heterocycles. The molecule has 1 rings (SSSR count). The van der Waals surface area contributed by atoms with Gasteiger partial charge < -0.3 is 10.2 Å². The summed E-state index contributed by atoms with van der Waals surface area (Å²) >= 11 is 1.73. The minimum Gasteiger partial charge on any atom is -0.353 e. The lowest BCUT2D eigenvalue weighted by atomic mass is 10.1. The van der Waals surface area contributed by atoms with Crippen LogP contribution in [-0.2, 0) is 4.79 Å². The number of hydrogen-bond acceptors (Lipinski definition) is 4. The second-order valence-corrected chi connectivity index (χ2v) is 6.26.